The Bertz CT molecular complexity index is 983. The van der Waals surface area contributed by atoms with Gasteiger partial charge in [-0.2, -0.15) is 5.10 Å². The Labute approximate surface area is 160 Å². The molecule has 3 aromatic rings. The van der Waals surface area contributed by atoms with Crippen LogP contribution in [0, 0.1) is 0 Å². The molecule has 4 rings (SSSR count). The summed E-state index contributed by atoms with van der Waals surface area (Å²) in [7, 11) is 0. The molecule has 0 N–H and O–H groups in total. The monoisotopic (exact) mass is 382 g/mol. The second-order valence-corrected chi connectivity index (χ2v) is 6.54. The summed E-state index contributed by atoms with van der Waals surface area (Å²) < 4.78 is 40.9. The van der Waals surface area contributed by atoms with Crippen molar-refractivity contribution in [2.75, 3.05) is 0 Å². The highest BCUT2D eigenvalue weighted by Gasteiger charge is 2.31. The van der Waals surface area contributed by atoms with Crippen LogP contribution in [0.15, 0.2) is 77.9 Å². The number of fused-ring (bicyclic) bond motifs is 1. The lowest BCUT2D eigenvalue weighted by Gasteiger charge is -2.24. The Morgan fingerprint density at radius 2 is 1.61 bits per heavy atom. The molecule has 1 heterocycles. The van der Waals surface area contributed by atoms with E-state index in [4.69, 9.17) is 0 Å². The second-order valence-electron chi connectivity index (χ2n) is 6.54. The zero-order chi connectivity index (χ0) is 19.6. The summed E-state index contributed by atoms with van der Waals surface area (Å²) in [5.74, 6) is -0.227. The van der Waals surface area contributed by atoms with Gasteiger partial charge in [0.15, 0.2) is 0 Å². The second kappa shape index (κ2) is 7.38. The zero-order valence-corrected chi connectivity index (χ0v) is 14.9. The van der Waals surface area contributed by atoms with E-state index in [1.54, 1.807) is 12.1 Å². The molecule has 0 radical (unpaired) electrons. The third kappa shape index (κ3) is 4.34. The Balaban J connectivity index is 1.51. The van der Waals surface area contributed by atoms with E-state index in [0.29, 0.717) is 13.1 Å². The van der Waals surface area contributed by atoms with Gasteiger partial charge in [-0.25, -0.2) is 0 Å². The van der Waals surface area contributed by atoms with E-state index < -0.39 is 6.36 Å². The van der Waals surface area contributed by atoms with Crippen LogP contribution >= 0.6 is 0 Å². The van der Waals surface area contributed by atoms with Crippen LogP contribution in [0.3, 0.4) is 0 Å². The predicted octanol–water partition coefficient (Wildman–Crippen LogP) is 5.60. The Morgan fingerprint density at radius 3 is 2.32 bits per heavy atom. The van der Waals surface area contributed by atoms with Crippen molar-refractivity contribution in [3.63, 3.8) is 0 Å². The van der Waals surface area contributed by atoms with E-state index in [9.17, 15) is 13.2 Å². The Kier molecular flexibility index (Phi) is 4.77. The average molecular weight is 382 g/mol. The van der Waals surface area contributed by atoms with Gasteiger partial charge in [0.1, 0.15) is 5.75 Å². The standard InChI is InChI=1S/C22H17F3N2O/c23-22(24,25)28-21-10-8-17(9-11-21)18-6-7-19-13-26-27(15-20(19)12-18)14-16-4-2-1-3-5-16/h1-13H,14-15H2. The van der Waals surface area contributed by atoms with Crippen LogP contribution < -0.4 is 4.74 Å². The molecule has 1 aliphatic rings. The molecule has 0 bridgehead atoms. The van der Waals surface area contributed by atoms with Gasteiger partial charge in [-0.3, -0.25) is 5.01 Å². The van der Waals surface area contributed by atoms with Crippen molar-refractivity contribution < 1.29 is 17.9 Å². The summed E-state index contributed by atoms with van der Waals surface area (Å²) in [6.07, 6.45) is -2.85. The van der Waals surface area contributed by atoms with Gasteiger partial charge < -0.3 is 4.74 Å². The van der Waals surface area contributed by atoms with Crippen LogP contribution in [-0.2, 0) is 13.1 Å². The molecule has 0 aliphatic carbocycles. The van der Waals surface area contributed by atoms with Crippen molar-refractivity contribution in [3.8, 4) is 16.9 Å². The molecule has 6 heteroatoms. The first-order valence-corrected chi connectivity index (χ1v) is 8.78. The summed E-state index contributed by atoms with van der Waals surface area (Å²) in [5, 5.41) is 6.49. The summed E-state index contributed by atoms with van der Waals surface area (Å²) in [6, 6.07) is 22.0. The number of hydrogen-bond acceptors (Lipinski definition) is 3. The molecule has 0 spiro atoms. The van der Waals surface area contributed by atoms with Crippen molar-refractivity contribution in [1.82, 2.24) is 5.01 Å². The minimum Gasteiger partial charge on any atom is -0.406 e. The fraction of sp³-hybridized carbons (Fsp3) is 0.136. The van der Waals surface area contributed by atoms with Gasteiger partial charge in [0, 0.05) is 0 Å². The van der Waals surface area contributed by atoms with Crippen molar-refractivity contribution >= 4 is 6.21 Å². The predicted molar refractivity (Wildman–Crippen MR) is 102 cm³/mol. The highest BCUT2D eigenvalue weighted by Crippen LogP contribution is 2.29. The lowest BCUT2D eigenvalue weighted by atomic mass is 9.98. The Morgan fingerprint density at radius 1 is 0.893 bits per heavy atom. The van der Waals surface area contributed by atoms with E-state index in [0.717, 1.165) is 22.3 Å². The number of nitrogens with zero attached hydrogens (tertiary/aromatic N) is 2. The number of hydrazone groups is 1. The fourth-order valence-corrected chi connectivity index (χ4v) is 3.17. The molecule has 0 unspecified atom stereocenters. The maximum absolute atomic E-state index is 12.3. The van der Waals surface area contributed by atoms with E-state index in [-0.39, 0.29) is 5.75 Å². The molecule has 0 amide bonds. The molecule has 0 saturated heterocycles. The van der Waals surface area contributed by atoms with Crippen molar-refractivity contribution in [2.45, 2.75) is 19.5 Å². The normalized spacial score (nSPS) is 13.3. The highest BCUT2D eigenvalue weighted by atomic mass is 19.4. The Hall–Kier alpha value is -3.28. The molecule has 142 valence electrons. The lowest BCUT2D eigenvalue weighted by molar-refractivity contribution is -0.274. The van der Waals surface area contributed by atoms with E-state index >= 15 is 0 Å². The van der Waals surface area contributed by atoms with Gasteiger partial charge in [0.2, 0.25) is 0 Å². The van der Waals surface area contributed by atoms with Crippen molar-refractivity contribution in [1.29, 1.82) is 0 Å². The summed E-state index contributed by atoms with van der Waals surface area (Å²) >= 11 is 0. The van der Waals surface area contributed by atoms with Gasteiger partial charge in [0.25, 0.3) is 0 Å². The quantitative estimate of drug-likeness (QED) is 0.587. The SMILES string of the molecule is FC(F)(F)Oc1ccc(-c2ccc3c(c2)CN(Cc2ccccc2)N=C3)cc1. The molecule has 0 atom stereocenters. The first-order chi connectivity index (χ1) is 13.5. The van der Waals surface area contributed by atoms with Crippen LogP contribution in [0.5, 0.6) is 5.75 Å². The average Bonchev–Trinajstić information content (AvgIpc) is 2.68. The van der Waals surface area contributed by atoms with Crippen LogP contribution in [0.25, 0.3) is 11.1 Å². The maximum atomic E-state index is 12.3. The minimum absolute atomic E-state index is 0.227. The number of ether oxygens (including phenoxy) is 1. The van der Waals surface area contributed by atoms with E-state index in [2.05, 4.69) is 28.0 Å². The molecule has 0 fully saturated rings. The van der Waals surface area contributed by atoms with E-state index in [1.807, 2.05) is 41.6 Å². The van der Waals surface area contributed by atoms with Crippen molar-refractivity contribution in [2.24, 2.45) is 5.10 Å². The van der Waals surface area contributed by atoms with Gasteiger partial charge in [-0.05, 0) is 46.0 Å². The summed E-state index contributed by atoms with van der Waals surface area (Å²) in [6.45, 7) is 1.38. The fourth-order valence-electron chi connectivity index (χ4n) is 3.17. The molecule has 3 aromatic carbocycles. The first-order valence-electron chi connectivity index (χ1n) is 8.78. The van der Waals surface area contributed by atoms with Crippen LogP contribution in [0.2, 0.25) is 0 Å². The summed E-state index contributed by atoms with van der Waals surface area (Å²) in [4.78, 5) is 0. The molecule has 28 heavy (non-hydrogen) atoms. The van der Waals surface area contributed by atoms with Crippen molar-refractivity contribution in [3.05, 3.63) is 89.5 Å². The third-order valence-corrected chi connectivity index (χ3v) is 4.49. The molecule has 3 nitrogen and oxygen atoms in total. The molecule has 0 aromatic heterocycles. The van der Waals surface area contributed by atoms with Gasteiger partial charge in [0.05, 0.1) is 19.3 Å². The number of halogens is 3. The minimum atomic E-state index is -4.69. The first kappa shape index (κ1) is 18.1. The number of alkyl halides is 3. The van der Waals surface area contributed by atoms with Crippen LogP contribution in [0.4, 0.5) is 13.2 Å². The smallest absolute Gasteiger partial charge is 0.406 e. The topological polar surface area (TPSA) is 24.8 Å². The number of rotatable bonds is 4. The van der Waals surface area contributed by atoms with Gasteiger partial charge in [-0.1, -0.05) is 54.6 Å². The molecule has 1 aliphatic heterocycles. The molecule has 0 saturated carbocycles. The maximum Gasteiger partial charge on any atom is 0.573 e. The third-order valence-electron chi connectivity index (χ3n) is 4.49. The lowest BCUT2D eigenvalue weighted by Crippen LogP contribution is -2.21. The van der Waals surface area contributed by atoms with Crippen LogP contribution in [0.1, 0.15) is 16.7 Å². The van der Waals surface area contributed by atoms with Crippen LogP contribution in [-0.4, -0.2) is 17.6 Å². The molecular formula is C22H17F3N2O. The number of benzene rings is 3. The zero-order valence-electron chi connectivity index (χ0n) is 14.9. The highest BCUT2D eigenvalue weighted by molar-refractivity contribution is 5.84. The largest absolute Gasteiger partial charge is 0.573 e. The number of hydrogen-bond donors (Lipinski definition) is 0. The molecular weight excluding hydrogens is 365 g/mol. The van der Waals surface area contributed by atoms with Gasteiger partial charge >= 0.3 is 6.36 Å². The van der Waals surface area contributed by atoms with Gasteiger partial charge in [-0.15, -0.1) is 13.2 Å². The summed E-state index contributed by atoms with van der Waals surface area (Å²) in [5.41, 5.74) is 5.12. The van der Waals surface area contributed by atoms with E-state index in [1.165, 1.54) is 17.7 Å².